The Morgan fingerprint density at radius 2 is 2.21 bits per heavy atom. The molecule has 1 rings (SSSR count). The van der Waals surface area contributed by atoms with Gasteiger partial charge in [-0.05, 0) is 33.4 Å². The van der Waals surface area contributed by atoms with Crippen LogP contribution in [-0.2, 0) is 13.0 Å². The average molecular weight is 195 g/mol. The van der Waals surface area contributed by atoms with E-state index in [1.807, 2.05) is 7.05 Å². The topological polar surface area (TPSA) is 29.9 Å². The standard InChI is InChI=1S/C11H21N3/c1-5-10(12-4)8-11-7-9(3)13-14(11)6-2/h7,10,12H,5-6,8H2,1-4H3. The fraction of sp³-hybridized carbons (Fsp3) is 0.727. The molecule has 0 radical (unpaired) electrons. The molecule has 0 spiro atoms. The van der Waals surface area contributed by atoms with Crippen molar-refractivity contribution in [2.75, 3.05) is 7.05 Å². The lowest BCUT2D eigenvalue weighted by Gasteiger charge is -2.14. The predicted molar refractivity (Wildman–Crippen MR) is 59.5 cm³/mol. The molecule has 0 bridgehead atoms. The van der Waals surface area contributed by atoms with E-state index in [-0.39, 0.29) is 0 Å². The number of aryl methyl sites for hydroxylation is 2. The van der Waals surface area contributed by atoms with E-state index in [0.29, 0.717) is 6.04 Å². The van der Waals surface area contributed by atoms with Crippen molar-refractivity contribution in [2.45, 2.75) is 46.2 Å². The Morgan fingerprint density at radius 3 is 2.71 bits per heavy atom. The normalized spacial score (nSPS) is 13.1. The van der Waals surface area contributed by atoms with Crippen LogP contribution in [0, 0.1) is 6.92 Å². The van der Waals surface area contributed by atoms with Crippen LogP contribution in [0.3, 0.4) is 0 Å². The number of aromatic nitrogens is 2. The van der Waals surface area contributed by atoms with E-state index < -0.39 is 0 Å². The summed E-state index contributed by atoms with van der Waals surface area (Å²) in [6.07, 6.45) is 2.23. The molecule has 1 atom stereocenters. The fourth-order valence-corrected chi connectivity index (χ4v) is 1.74. The second-order valence-corrected chi connectivity index (χ2v) is 3.69. The van der Waals surface area contributed by atoms with Crippen LogP contribution < -0.4 is 5.32 Å². The van der Waals surface area contributed by atoms with Crippen molar-refractivity contribution in [2.24, 2.45) is 0 Å². The molecule has 1 aromatic rings. The first kappa shape index (κ1) is 11.2. The van der Waals surface area contributed by atoms with Gasteiger partial charge in [0.2, 0.25) is 0 Å². The van der Waals surface area contributed by atoms with E-state index >= 15 is 0 Å². The molecule has 0 aliphatic heterocycles. The first-order valence-electron chi connectivity index (χ1n) is 5.41. The molecule has 0 aliphatic rings. The third-order valence-electron chi connectivity index (χ3n) is 2.64. The SMILES string of the molecule is CCC(Cc1cc(C)nn1CC)NC. The molecule has 0 aliphatic carbocycles. The van der Waals surface area contributed by atoms with E-state index in [9.17, 15) is 0 Å². The number of hydrogen-bond donors (Lipinski definition) is 1. The molecule has 80 valence electrons. The number of nitrogens with one attached hydrogen (secondary N) is 1. The van der Waals surface area contributed by atoms with Crippen LogP contribution in [0.25, 0.3) is 0 Å². The summed E-state index contributed by atoms with van der Waals surface area (Å²) in [7, 11) is 2.02. The van der Waals surface area contributed by atoms with Gasteiger partial charge in [0.1, 0.15) is 0 Å². The second-order valence-electron chi connectivity index (χ2n) is 3.69. The minimum atomic E-state index is 0.566. The fourth-order valence-electron chi connectivity index (χ4n) is 1.74. The summed E-state index contributed by atoms with van der Waals surface area (Å²) >= 11 is 0. The van der Waals surface area contributed by atoms with Gasteiger partial charge in [0.25, 0.3) is 0 Å². The van der Waals surface area contributed by atoms with Crippen LogP contribution in [0.2, 0.25) is 0 Å². The van der Waals surface area contributed by atoms with Crippen LogP contribution in [0.5, 0.6) is 0 Å². The third kappa shape index (κ3) is 2.58. The van der Waals surface area contributed by atoms with Gasteiger partial charge in [-0.2, -0.15) is 5.10 Å². The van der Waals surface area contributed by atoms with Gasteiger partial charge < -0.3 is 5.32 Å². The minimum absolute atomic E-state index is 0.566. The van der Waals surface area contributed by atoms with Gasteiger partial charge in [0.05, 0.1) is 5.69 Å². The summed E-state index contributed by atoms with van der Waals surface area (Å²) in [6, 6.07) is 2.75. The largest absolute Gasteiger partial charge is 0.317 e. The quantitative estimate of drug-likeness (QED) is 0.775. The summed E-state index contributed by atoms with van der Waals surface area (Å²) in [5.74, 6) is 0. The van der Waals surface area contributed by atoms with Gasteiger partial charge in [0, 0.05) is 24.7 Å². The maximum atomic E-state index is 4.44. The molecule has 0 amide bonds. The number of nitrogens with zero attached hydrogens (tertiary/aromatic N) is 2. The van der Waals surface area contributed by atoms with Crippen molar-refractivity contribution < 1.29 is 0 Å². The minimum Gasteiger partial charge on any atom is -0.317 e. The van der Waals surface area contributed by atoms with E-state index in [1.54, 1.807) is 0 Å². The molecule has 1 heterocycles. The van der Waals surface area contributed by atoms with Crippen LogP contribution in [0.15, 0.2) is 6.07 Å². The lowest BCUT2D eigenvalue weighted by atomic mass is 10.1. The van der Waals surface area contributed by atoms with Gasteiger partial charge in [-0.15, -0.1) is 0 Å². The Bertz CT molecular complexity index is 274. The molecule has 0 aromatic carbocycles. The van der Waals surface area contributed by atoms with E-state index in [4.69, 9.17) is 0 Å². The highest BCUT2D eigenvalue weighted by atomic mass is 15.3. The van der Waals surface area contributed by atoms with E-state index in [1.165, 1.54) is 5.69 Å². The molecule has 0 saturated carbocycles. The predicted octanol–water partition coefficient (Wildman–Crippen LogP) is 1.75. The van der Waals surface area contributed by atoms with Crippen molar-refractivity contribution >= 4 is 0 Å². The summed E-state index contributed by atoms with van der Waals surface area (Å²) in [5.41, 5.74) is 2.46. The lowest BCUT2D eigenvalue weighted by molar-refractivity contribution is 0.511. The summed E-state index contributed by atoms with van der Waals surface area (Å²) in [5, 5.41) is 7.76. The van der Waals surface area contributed by atoms with Crippen LogP contribution in [-0.4, -0.2) is 22.9 Å². The summed E-state index contributed by atoms with van der Waals surface area (Å²) < 4.78 is 2.09. The Kier molecular flexibility index (Phi) is 4.14. The molecular weight excluding hydrogens is 174 g/mol. The summed E-state index contributed by atoms with van der Waals surface area (Å²) in [6.45, 7) is 7.36. The first-order chi connectivity index (χ1) is 6.71. The Labute approximate surface area is 86.5 Å². The molecule has 3 heteroatoms. The zero-order valence-electron chi connectivity index (χ0n) is 9.67. The Balaban J connectivity index is 2.73. The van der Waals surface area contributed by atoms with Gasteiger partial charge in [-0.1, -0.05) is 6.92 Å². The van der Waals surface area contributed by atoms with Crippen molar-refractivity contribution in [1.29, 1.82) is 0 Å². The monoisotopic (exact) mass is 195 g/mol. The highest BCUT2D eigenvalue weighted by molar-refractivity contribution is 5.10. The molecule has 0 saturated heterocycles. The lowest BCUT2D eigenvalue weighted by Crippen LogP contribution is -2.27. The average Bonchev–Trinajstić information content (AvgIpc) is 2.55. The number of likely N-dealkylation sites (N-methyl/N-ethyl adjacent to an activating group) is 1. The third-order valence-corrected chi connectivity index (χ3v) is 2.64. The first-order valence-corrected chi connectivity index (χ1v) is 5.41. The zero-order valence-corrected chi connectivity index (χ0v) is 9.67. The van der Waals surface area contributed by atoms with Gasteiger partial charge >= 0.3 is 0 Å². The van der Waals surface area contributed by atoms with Gasteiger partial charge in [0.15, 0.2) is 0 Å². The van der Waals surface area contributed by atoms with Gasteiger partial charge in [-0.25, -0.2) is 0 Å². The van der Waals surface area contributed by atoms with Crippen LogP contribution in [0.1, 0.15) is 31.7 Å². The number of hydrogen-bond acceptors (Lipinski definition) is 2. The Morgan fingerprint density at radius 1 is 1.50 bits per heavy atom. The maximum Gasteiger partial charge on any atom is 0.0596 e. The second kappa shape index (κ2) is 5.15. The number of rotatable bonds is 5. The van der Waals surface area contributed by atoms with E-state index in [0.717, 1.165) is 25.1 Å². The Hall–Kier alpha value is -0.830. The van der Waals surface area contributed by atoms with E-state index in [2.05, 4.69) is 41.9 Å². The van der Waals surface area contributed by atoms with Crippen LogP contribution >= 0.6 is 0 Å². The summed E-state index contributed by atoms with van der Waals surface area (Å²) in [4.78, 5) is 0. The molecule has 1 unspecified atom stereocenters. The van der Waals surface area contributed by atoms with Gasteiger partial charge in [-0.3, -0.25) is 4.68 Å². The van der Waals surface area contributed by atoms with Crippen molar-refractivity contribution in [3.63, 3.8) is 0 Å². The smallest absolute Gasteiger partial charge is 0.0596 e. The molecule has 1 aromatic heterocycles. The molecular formula is C11H21N3. The molecule has 1 N–H and O–H groups in total. The van der Waals surface area contributed by atoms with Crippen LogP contribution in [0.4, 0.5) is 0 Å². The molecule has 3 nitrogen and oxygen atoms in total. The van der Waals surface area contributed by atoms with Crippen molar-refractivity contribution in [3.05, 3.63) is 17.5 Å². The molecule has 0 fully saturated rings. The highest BCUT2D eigenvalue weighted by Crippen LogP contribution is 2.08. The van der Waals surface area contributed by atoms with Crippen molar-refractivity contribution in [1.82, 2.24) is 15.1 Å². The van der Waals surface area contributed by atoms with Crippen molar-refractivity contribution in [3.8, 4) is 0 Å². The highest BCUT2D eigenvalue weighted by Gasteiger charge is 2.09. The zero-order chi connectivity index (χ0) is 10.6. The maximum absolute atomic E-state index is 4.44. The molecule has 14 heavy (non-hydrogen) atoms.